The van der Waals surface area contributed by atoms with Crippen molar-refractivity contribution in [2.24, 2.45) is 7.05 Å². The third-order valence-corrected chi connectivity index (χ3v) is 0.804. The average molecular weight is 140 g/mol. The Morgan fingerprint density at radius 3 is 2.22 bits per heavy atom. The van der Waals surface area contributed by atoms with Crippen molar-refractivity contribution < 1.29 is 4.52 Å². The molecule has 1 aromatic heterocycles. The molecule has 0 saturated carbocycles. The van der Waals surface area contributed by atoms with Crippen molar-refractivity contribution in [3.8, 4) is 0 Å². The summed E-state index contributed by atoms with van der Waals surface area (Å²) >= 11 is 0. The average Bonchev–Trinajstić information content (AvgIpc) is 1.98. The van der Waals surface area contributed by atoms with Crippen molar-refractivity contribution in [3.63, 3.8) is 0 Å². The van der Waals surface area contributed by atoms with Gasteiger partial charge in [-0.25, -0.2) is 14.2 Å². The summed E-state index contributed by atoms with van der Waals surface area (Å²) in [6, 6.07) is 0. The van der Waals surface area contributed by atoms with Crippen LogP contribution in [0.5, 0.6) is 0 Å². The fraction of sp³-hybridized carbons (Fsp3) is 0.333. The van der Waals surface area contributed by atoms with Crippen LogP contribution in [0.2, 0.25) is 0 Å². The van der Waals surface area contributed by atoms with Crippen molar-refractivity contribution in [2.45, 2.75) is 0 Å². The fourth-order valence-corrected chi connectivity index (χ4v) is 0.307. The molecule has 9 heavy (non-hydrogen) atoms. The molecule has 0 aliphatic rings. The van der Waals surface area contributed by atoms with Crippen molar-refractivity contribution >= 4 is 29.6 Å². The van der Waals surface area contributed by atoms with E-state index in [4.69, 9.17) is 0 Å². The standard InChI is InChI=1S/C3H4N2O3.Na.H/c1-5-2(6)4-8-3(5)7;;/h1H3,(H,4,6);;. The molecule has 0 amide bonds. The van der Waals surface area contributed by atoms with Gasteiger partial charge in [0.2, 0.25) is 0 Å². The number of nitrogens with one attached hydrogen (secondary N) is 1. The number of aromatic amines is 1. The molecule has 0 spiro atoms. The Labute approximate surface area is 71.9 Å². The topological polar surface area (TPSA) is 68.0 Å². The number of aromatic nitrogens is 2. The second-order valence-corrected chi connectivity index (χ2v) is 1.33. The Hall–Kier alpha value is -0.260. The molecule has 0 atom stereocenters. The summed E-state index contributed by atoms with van der Waals surface area (Å²) in [5.74, 6) is -0.671. The van der Waals surface area contributed by atoms with Crippen LogP contribution in [0, 0.1) is 0 Å². The van der Waals surface area contributed by atoms with Crippen LogP contribution in [0.1, 0.15) is 0 Å². The van der Waals surface area contributed by atoms with Gasteiger partial charge in [-0.2, -0.15) is 5.16 Å². The first-order valence-corrected chi connectivity index (χ1v) is 1.96. The van der Waals surface area contributed by atoms with Crippen LogP contribution < -0.4 is 11.4 Å². The molecule has 1 heterocycles. The summed E-state index contributed by atoms with van der Waals surface area (Å²) < 4.78 is 4.90. The molecule has 0 saturated heterocycles. The Morgan fingerprint density at radius 2 is 2.11 bits per heavy atom. The van der Waals surface area contributed by atoms with E-state index in [0.717, 1.165) is 4.57 Å². The number of H-pyrrole nitrogens is 1. The third kappa shape index (κ3) is 1.57. The van der Waals surface area contributed by atoms with E-state index >= 15 is 0 Å². The van der Waals surface area contributed by atoms with Gasteiger partial charge in [0, 0.05) is 7.05 Å². The van der Waals surface area contributed by atoms with Gasteiger partial charge in [-0.1, -0.05) is 0 Å². The van der Waals surface area contributed by atoms with Gasteiger partial charge < -0.3 is 4.52 Å². The zero-order chi connectivity index (χ0) is 6.15. The molecule has 1 N–H and O–H groups in total. The molecule has 0 unspecified atom stereocenters. The van der Waals surface area contributed by atoms with E-state index in [1.807, 2.05) is 5.16 Å². The van der Waals surface area contributed by atoms with Crippen molar-refractivity contribution in [3.05, 3.63) is 21.0 Å². The summed E-state index contributed by atoms with van der Waals surface area (Å²) in [5, 5.41) is 1.86. The zero-order valence-corrected chi connectivity index (χ0v) is 4.17. The quantitative estimate of drug-likeness (QED) is 0.424. The molecule has 0 aliphatic carbocycles. The van der Waals surface area contributed by atoms with E-state index in [1.165, 1.54) is 7.05 Å². The van der Waals surface area contributed by atoms with E-state index in [1.54, 1.807) is 0 Å². The molecule has 0 aromatic carbocycles. The van der Waals surface area contributed by atoms with E-state index < -0.39 is 11.4 Å². The van der Waals surface area contributed by atoms with Crippen LogP contribution in [0.4, 0.5) is 0 Å². The van der Waals surface area contributed by atoms with Crippen LogP contribution in [0.3, 0.4) is 0 Å². The SMILES string of the molecule is Cn1c(=O)[nH]oc1=O.[NaH]. The maximum atomic E-state index is 10.3. The van der Waals surface area contributed by atoms with Crippen LogP contribution in [-0.4, -0.2) is 39.3 Å². The molecule has 1 rings (SSSR count). The fourth-order valence-electron chi connectivity index (χ4n) is 0.307. The van der Waals surface area contributed by atoms with E-state index in [2.05, 4.69) is 4.52 Å². The molecule has 1 aromatic rings. The summed E-state index contributed by atoms with van der Waals surface area (Å²) in [7, 11) is 1.32. The second kappa shape index (κ2) is 3.05. The van der Waals surface area contributed by atoms with Gasteiger partial charge in [0.05, 0.1) is 0 Å². The van der Waals surface area contributed by atoms with Crippen LogP contribution in [0.15, 0.2) is 14.1 Å². The molecule has 6 heteroatoms. The molecular weight excluding hydrogens is 135 g/mol. The number of hydrogen-bond acceptors (Lipinski definition) is 3. The van der Waals surface area contributed by atoms with Gasteiger partial charge in [0.25, 0.3) is 0 Å². The zero-order valence-electron chi connectivity index (χ0n) is 4.17. The minimum absolute atomic E-state index is 0. The first kappa shape index (κ1) is 8.74. The maximum absolute atomic E-state index is 10.3. The predicted octanol–water partition coefficient (Wildman–Crippen LogP) is -1.98. The van der Waals surface area contributed by atoms with Gasteiger partial charge in [-0.15, -0.1) is 0 Å². The third-order valence-electron chi connectivity index (χ3n) is 0.804. The number of rotatable bonds is 0. The van der Waals surface area contributed by atoms with E-state index in [9.17, 15) is 9.59 Å². The first-order chi connectivity index (χ1) is 3.72. The van der Waals surface area contributed by atoms with E-state index in [0.29, 0.717) is 0 Å². The van der Waals surface area contributed by atoms with Gasteiger partial charge in [0.15, 0.2) is 0 Å². The van der Waals surface area contributed by atoms with Gasteiger partial charge in [-0.05, 0) is 0 Å². The second-order valence-electron chi connectivity index (χ2n) is 1.33. The Morgan fingerprint density at radius 1 is 1.56 bits per heavy atom. The molecule has 0 fully saturated rings. The molecular formula is C3H5N2NaO3. The predicted molar refractivity (Wildman–Crippen MR) is 31.7 cm³/mol. The van der Waals surface area contributed by atoms with Crippen molar-refractivity contribution in [1.29, 1.82) is 0 Å². The summed E-state index contributed by atoms with van der Waals surface area (Å²) in [6.45, 7) is 0. The first-order valence-electron chi connectivity index (χ1n) is 1.96. The molecule has 0 bridgehead atoms. The van der Waals surface area contributed by atoms with Crippen LogP contribution in [0.25, 0.3) is 0 Å². The van der Waals surface area contributed by atoms with Gasteiger partial charge >= 0.3 is 41.0 Å². The van der Waals surface area contributed by atoms with Crippen LogP contribution >= 0.6 is 0 Å². The van der Waals surface area contributed by atoms with Crippen molar-refractivity contribution in [1.82, 2.24) is 9.72 Å². The molecule has 0 aliphatic heterocycles. The van der Waals surface area contributed by atoms with Crippen LogP contribution in [-0.2, 0) is 7.05 Å². The minimum atomic E-state index is -0.671. The number of nitrogens with zero attached hydrogens (tertiary/aromatic N) is 1. The molecule has 46 valence electrons. The Balaban J connectivity index is 0.000000640. The van der Waals surface area contributed by atoms with Gasteiger partial charge in [-0.3, -0.25) is 0 Å². The monoisotopic (exact) mass is 140 g/mol. The summed E-state index contributed by atoms with van der Waals surface area (Å²) in [6.07, 6.45) is 0. The summed E-state index contributed by atoms with van der Waals surface area (Å²) in [4.78, 5) is 20.5. The Bertz CT molecular complexity index is 254. The normalized spacial score (nSPS) is 8.56. The van der Waals surface area contributed by atoms with Gasteiger partial charge in [0.1, 0.15) is 0 Å². The number of hydrogen-bond donors (Lipinski definition) is 1. The van der Waals surface area contributed by atoms with Crippen molar-refractivity contribution in [2.75, 3.05) is 0 Å². The molecule has 5 nitrogen and oxygen atoms in total. The summed E-state index contributed by atoms with van der Waals surface area (Å²) in [5.41, 5.74) is -0.532. The van der Waals surface area contributed by atoms with E-state index in [-0.39, 0.29) is 29.6 Å². The Kier molecular flexibility index (Phi) is 2.96. The molecule has 0 radical (unpaired) electrons.